The molecule has 3 aromatic rings. The average Bonchev–Trinajstić information content (AvgIpc) is 2.48. The molecule has 0 atom stereocenters. The lowest BCUT2D eigenvalue weighted by Crippen LogP contribution is -2.16. The number of rotatable bonds is 2. The molecule has 2 aromatic carbocycles. The van der Waals surface area contributed by atoms with Crippen LogP contribution in [0.15, 0.2) is 66.9 Å². The van der Waals surface area contributed by atoms with Crippen molar-refractivity contribution in [1.29, 1.82) is 0 Å². The maximum absolute atomic E-state index is 5.69. The molecule has 0 aliphatic carbocycles. The summed E-state index contributed by atoms with van der Waals surface area (Å²) < 4.78 is 5.69. The smallest absolute Gasteiger partial charge is 0.266 e. The predicted octanol–water partition coefficient (Wildman–Crippen LogP) is 4.01. The SMILES string of the molecule is S=C(Nc1ccccc1)Oc1cccc2cccnc12. The Morgan fingerprint density at radius 2 is 1.75 bits per heavy atom. The molecule has 3 nitrogen and oxygen atoms in total. The molecule has 0 aliphatic rings. The van der Waals surface area contributed by atoms with E-state index in [-0.39, 0.29) is 0 Å². The van der Waals surface area contributed by atoms with Gasteiger partial charge in [-0.05, 0) is 36.5 Å². The monoisotopic (exact) mass is 280 g/mol. The van der Waals surface area contributed by atoms with Crippen LogP contribution in [0.5, 0.6) is 5.75 Å². The van der Waals surface area contributed by atoms with Crippen LogP contribution in [0.1, 0.15) is 0 Å². The van der Waals surface area contributed by atoms with E-state index in [1.807, 2.05) is 60.7 Å². The Kier molecular flexibility index (Phi) is 3.56. The highest BCUT2D eigenvalue weighted by Gasteiger charge is 2.06. The molecule has 0 amide bonds. The van der Waals surface area contributed by atoms with Crippen LogP contribution in [0.25, 0.3) is 10.9 Å². The van der Waals surface area contributed by atoms with Crippen LogP contribution in [0.2, 0.25) is 0 Å². The van der Waals surface area contributed by atoms with Crippen molar-refractivity contribution < 1.29 is 4.74 Å². The zero-order valence-corrected chi connectivity index (χ0v) is 11.4. The molecule has 4 heteroatoms. The second-order valence-corrected chi connectivity index (χ2v) is 4.58. The van der Waals surface area contributed by atoms with E-state index in [2.05, 4.69) is 10.3 Å². The number of hydrogen-bond acceptors (Lipinski definition) is 3. The maximum atomic E-state index is 5.69. The van der Waals surface area contributed by atoms with E-state index in [0.717, 1.165) is 16.6 Å². The van der Waals surface area contributed by atoms with Crippen molar-refractivity contribution in [2.45, 2.75) is 0 Å². The summed E-state index contributed by atoms with van der Waals surface area (Å²) in [6, 6.07) is 19.3. The first-order chi connectivity index (χ1) is 9.83. The molecule has 0 saturated carbocycles. The number of pyridine rings is 1. The highest BCUT2D eigenvalue weighted by molar-refractivity contribution is 7.80. The van der Waals surface area contributed by atoms with Crippen LogP contribution in [-0.4, -0.2) is 10.2 Å². The summed E-state index contributed by atoms with van der Waals surface area (Å²) in [6.45, 7) is 0. The van der Waals surface area contributed by atoms with Crippen LogP contribution in [-0.2, 0) is 0 Å². The van der Waals surface area contributed by atoms with Crippen LogP contribution in [0, 0.1) is 0 Å². The van der Waals surface area contributed by atoms with Gasteiger partial charge in [-0.1, -0.05) is 36.4 Å². The van der Waals surface area contributed by atoms with Gasteiger partial charge in [-0.2, -0.15) is 0 Å². The molecule has 3 rings (SSSR count). The number of thiocarbonyl (C=S) groups is 1. The van der Waals surface area contributed by atoms with E-state index in [1.165, 1.54) is 0 Å². The number of ether oxygens (including phenoxy) is 1. The molecule has 0 unspecified atom stereocenters. The van der Waals surface area contributed by atoms with Gasteiger partial charge >= 0.3 is 0 Å². The number of aromatic nitrogens is 1. The zero-order chi connectivity index (χ0) is 13.8. The Bertz CT molecular complexity index is 738. The third-order valence-corrected chi connectivity index (χ3v) is 3.00. The molecule has 0 spiro atoms. The highest BCUT2D eigenvalue weighted by atomic mass is 32.1. The second-order valence-electron chi connectivity index (χ2n) is 4.21. The minimum atomic E-state index is 0.300. The minimum absolute atomic E-state index is 0.300. The van der Waals surface area contributed by atoms with Crippen molar-refractivity contribution in [1.82, 2.24) is 4.98 Å². The van der Waals surface area contributed by atoms with Crippen molar-refractivity contribution in [3.8, 4) is 5.75 Å². The number of hydrogen-bond donors (Lipinski definition) is 1. The first-order valence-corrected chi connectivity index (χ1v) is 6.61. The van der Waals surface area contributed by atoms with Crippen molar-refractivity contribution in [2.24, 2.45) is 0 Å². The predicted molar refractivity (Wildman–Crippen MR) is 85.0 cm³/mol. The summed E-state index contributed by atoms with van der Waals surface area (Å²) in [6.07, 6.45) is 1.74. The van der Waals surface area contributed by atoms with Crippen molar-refractivity contribution in [2.75, 3.05) is 5.32 Å². The van der Waals surface area contributed by atoms with Gasteiger partial charge < -0.3 is 10.1 Å². The van der Waals surface area contributed by atoms with Crippen LogP contribution in [0.3, 0.4) is 0 Å². The summed E-state index contributed by atoms with van der Waals surface area (Å²) in [5, 5.41) is 4.36. The van der Waals surface area contributed by atoms with Gasteiger partial charge in [-0.3, -0.25) is 4.98 Å². The normalized spacial score (nSPS) is 10.2. The van der Waals surface area contributed by atoms with Gasteiger partial charge in [-0.15, -0.1) is 0 Å². The van der Waals surface area contributed by atoms with Gasteiger partial charge in [0.05, 0.1) is 0 Å². The van der Waals surface area contributed by atoms with Crippen molar-refractivity contribution in [3.63, 3.8) is 0 Å². The molecule has 1 heterocycles. The molecule has 98 valence electrons. The second kappa shape index (κ2) is 5.67. The lowest BCUT2D eigenvalue weighted by molar-refractivity contribution is 0.568. The molecule has 1 aromatic heterocycles. The third kappa shape index (κ3) is 2.75. The minimum Gasteiger partial charge on any atom is -0.429 e. The molecule has 0 fully saturated rings. The highest BCUT2D eigenvalue weighted by Crippen LogP contribution is 2.23. The molecule has 0 aliphatic heterocycles. The first kappa shape index (κ1) is 12.6. The lowest BCUT2D eigenvalue weighted by atomic mass is 10.2. The van der Waals surface area contributed by atoms with Gasteiger partial charge in [0.25, 0.3) is 5.17 Å². The van der Waals surface area contributed by atoms with E-state index in [1.54, 1.807) is 6.20 Å². The molecule has 20 heavy (non-hydrogen) atoms. The summed E-state index contributed by atoms with van der Waals surface area (Å²) in [4.78, 5) is 4.33. The van der Waals surface area contributed by atoms with E-state index >= 15 is 0 Å². The summed E-state index contributed by atoms with van der Waals surface area (Å²) in [7, 11) is 0. The maximum Gasteiger partial charge on any atom is 0.266 e. The van der Waals surface area contributed by atoms with Crippen LogP contribution < -0.4 is 10.1 Å². The molecular weight excluding hydrogens is 268 g/mol. The standard InChI is InChI=1S/C16H12N2OS/c20-16(18-13-8-2-1-3-9-13)19-14-10-4-6-12-7-5-11-17-15(12)14/h1-11H,(H,18,20). The van der Waals surface area contributed by atoms with Crippen molar-refractivity contribution >= 4 is 34.0 Å². The Morgan fingerprint density at radius 3 is 2.60 bits per heavy atom. The van der Waals surface area contributed by atoms with E-state index in [9.17, 15) is 0 Å². The number of para-hydroxylation sites is 2. The summed E-state index contributed by atoms with van der Waals surface area (Å²) in [5.74, 6) is 0.650. The fourth-order valence-corrected chi connectivity index (χ4v) is 2.13. The Balaban J connectivity index is 1.81. The summed E-state index contributed by atoms with van der Waals surface area (Å²) in [5.41, 5.74) is 1.69. The van der Waals surface area contributed by atoms with Crippen molar-refractivity contribution in [3.05, 3.63) is 66.9 Å². The Hall–Kier alpha value is -2.46. The van der Waals surface area contributed by atoms with E-state index < -0.39 is 0 Å². The molecule has 0 saturated heterocycles. The fraction of sp³-hybridized carbons (Fsp3) is 0. The number of nitrogens with zero attached hydrogens (tertiary/aromatic N) is 1. The molecular formula is C16H12N2OS. The number of fused-ring (bicyclic) bond motifs is 1. The zero-order valence-electron chi connectivity index (χ0n) is 10.6. The van der Waals surface area contributed by atoms with Gasteiger partial charge in [0.15, 0.2) is 5.75 Å². The largest absolute Gasteiger partial charge is 0.429 e. The van der Waals surface area contributed by atoms with E-state index in [4.69, 9.17) is 17.0 Å². The molecule has 0 radical (unpaired) electrons. The third-order valence-electron chi connectivity index (χ3n) is 2.82. The molecule has 1 N–H and O–H groups in total. The number of anilines is 1. The van der Waals surface area contributed by atoms with Gasteiger partial charge in [0.1, 0.15) is 5.52 Å². The van der Waals surface area contributed by atoms with Gasteiger partial charge in [0.2, 0.25) is 0 Å². The van der Waals surface area contributed by atoms with E-state index in [0.29, 0.717) is 10.9 Å². The number of benzene rings is 2. The lowest BCUT2D eigenvalue weighted by Gasteiger charge is -2.10. The topological polar surface area (TPSA) is 34.1 Å². The number of nitrogens with one attached hydrogen (secondary N) is 1. The fourth-order valence-electron chi connectivity index (χ4n) is 1.92. The van der Waals surface area contributed by atoms with Gasteiger partial charge in [-0.25, -0.2) is 0 Å². The van der Waals surface area contributed by atoms with Gasteiger partial charge in [0, 0.05) is 17.3 Å². The van der Waals surface area contributed by atoms with Crippen LogP contribution in [0.4, 0.5) is 5.69 Å². The first-order valence-electron chi connectivity index (χ1n) is 6.20. The Morgan fingerprint density at radius 1 is 0.950 bits per heavy atom. The average molecular weight is 280 g/mol. The molecule has 0 bridgehead atoms. The Labute approximate surface area is 122 Å². The van der Waals surface area contributed by atoms with Crippen LogP contribution >= 0.6 is 12.2 Å². The summed E-state index contributed by atoms with van der Waals surface area (Å²) >= 11 is 5.22. The quantitative estimate of drug-likeness (QED) is 0.719.